The summed E-state index contributed by atoms with van der Waals surface area (Å²) in [5, 5.41) is 3.98. The standard InChI is InChI=1S/C18H20N2O2/c1-13(2)15-6-4-14(5-7-15)12-19-20-18(21)16-8-10-17(22-3)11-9-16/h4-13H,1-3H3,(H,20,21)/b19-12+. The lowest BCUT2D eigenvalue weighted by molar-refractivity contribution is 0.0955. The molecule has 0 fully saturated rings. The fraction of sp³-hybridized carbons (Fsp3) is 0.222. The number of hydrogen-bond acceptors (Lipinski definition) is 3. The van der Waals surface area contributed by atoms with Crippen LogP contribution in [-0.2, 0) is 0 Å². The molecule has 2 aromatic carbocycles. The molecule has 0 atom stereocenters. The molecule has 0 saturated carbocycles. The molecular formula is C18H20N2O2. The van der Waals surface area contributed by atoms with Crippen molar-refractivity contribution in [3.8, 4) is 5.75 Å². The first-order valence-electron chi connectivity index (χ1n) is 7.17. The number of carbonyl (C=O) groups excluding carboxylic acids is 1. The molecule has 22 heavy (non-hydrogen) atoms. The minimum atomic E-state index is -0.252. The summed E-state index contributed by atoms with van der Waals surface area (Å²) < 4.78 is 5.05. The van der Waals surface area contributed by atoms with E-state index in [-0.39, 0.29) is 5.91 Å². The molecule has 0 heterocycles. The maximum atomic E-state index is 11.9. The van der Waals surface area contributed by atoms with Crippen molar-refractivity contribution >= 4 is 12.1 Å². The second kappa shape index (κ2) is 7.41. The Hall–Kier alpha value is -2.62. The van der Waals surface area contributed by atoms with Gasteiger partial charge in [0, 0.05) is 5.56 Å². The van der Waals surface area contributed by atoms with Crippen LogP contribution in [0.5, 0.6) is 5.75 Å². The van der Waals surface area contributed by atoms with Crippen molar-refractivity contribution in [1.82, 2.24) is 5.43 Å². The quantitative estimate of drug-likeness (QED) is 0.677. The first kappa shape index (κ1) is 15.8. The first-order chi connectivity index (χ1) is 10.6. The molecule has 0 aromatic heterocycles. The number of nitrogens with one attached hydrogen (secondary N) is 1. The van der Waals surface area contributed by atoms with Gasteiger partial charge < -0.3 is 4.74 Å². The van der Waals surface area contributed by atoms with Crippen LogP contribution in [0.15, 0.2) is 53.6 Å². The topological polar surface area (TPSA) is 50.7 Å². The summed E-state index contributed by atoms with van der Waals surface area (Å²) in [7, 11) is 1.59. The van der Waals surface area contributed by atoms with Gasteiger partial charge in [0.2, 0.25) is 0 Å². The molecule has 0 aliphatic heterocycles. The summed E-state index contributed by atoms with van der Waals surface area (Å²) in [6.07, 6.45) is 1.63. The molecule has 4 heteroatoms. The van der Waals surface area contributed by atoms with Crippen LogP contribution in [0.3, 0.4) is 0 Å². The molecule has 0 aliphatic rings. The zero-order chi connectivity index (χ0) is 15.9. The van der Waals surface area contributed by atoms with Crippen LogP contribution in [0.1, 0.15) is 41.3 Å². The molecule has 0 radical (unpaired) electrons. The zero-order valence-electron chi connectivity index (χ0n) is 13.0. The Balaban J connectivity index is 1.94. The van der Waals surface area contributed by atoms with Gasteiger partial charge in [-0.1, -0.05) is 38.1 Å². The van der Waals surface area contributed by atoms with Crippen molar-refractivity contribution in [2.24, 2.45) is 5.10 Å². The van der Waals surface area contributed by atoms with E-state index < -0.39 is 0 Å². The van der Waals surface area contributed by atoms with Crippen molar-refractivity contribution in [2.75, 3.05) is 7.11 Å². The molecule has 4 nitrogen and oxygen atoms in total. The zero-order valence-corrected chi connectivity index (χ0v) is 13.0. The molecule has 1 amide bonds. The van der Waals surface area contributed by atoms with Crippen molar-refractivity contribution < 1.29 is 9.53 Å². The minimum Gasteiger partial charge on any atom is -0.497 e. The molecule has 0 bridgehead atoms. The van der Waals surface area contributed by atoms with Crippen molar-refractivity contribution in [1.29, 1.82) is 0 Å². The molecule has 2 rings (SSSR count). The lowest BCUT2D eigenvalue weighted by atomic mass is 10.0. The number of hydrazone groups is 1. The number of benzene rings is 2. The molecule has 0 saturated heterocycles. The van der Waals surface area contributed by atoms with E-state index in [1.54, 1.807) is 37.6 Å². The number of ether oxygens (including phenoxy) is 1. The maximum absolute atomic E-state index is 11.9. The Morgan fingerprint density at radius 2 is 1.73 bits per heavy atom. The van der Waals surface area contributed by atoms with Gasteiger partial charge in [-0.15, -0.1) is 0 Å². The van der Waals surface area contributed by atoms with Gasteiger partial charge in [0.05, 0.1) is 13.3 Å². The Kier molecular flexibility index (Phi) is 5.31. The van der Waals surface area contributed by atoms with E-state index in [4.69, 9.17) is 4.74 Å². The van der Waals surface area contributed by atoms with Crippen molar-refractivity contribution in [2.45, 2.75) is 19.8 Å². The highest BCUT2D eigenvalue weighted by molar-refractivity contribution is 5.94. The van der Waals surface area contributed by atoms with E-state index in [2.05, 4.69) is 36.5 Å². The van der Waals surface area contributed by atoms with Gasteiger partial charge >= 0.3 is 0 Å². The monoisotopic (exact) mass is 296 g/mol. The van der Waals surface area contributed by atoms with E-state index in [0.29, 0.717) is 17.2 Å². The summed E-state index contributed by atoms with van der Waals surface area (Å²) in [6.45, 7) is 4.30. The number of methoxy groups -OCH3 is 1. The number of amides is 1. The number of nitrogens with zero attached hydrogens (tertiary/aromatic N) is 1. The highest BCUT2D eigenvalue weighted by atomic mass is 16.5. The fourth-order valence-corrected chi connectivity index (χ4v) is 1.94. The molecule has 1 N–H and O–H groups in total. The van der Waals surface area contributed by atoms with E-state index in [1.807, 2.05) is 12.1 Å². The van der Waals surface area contributed by atoms with Crippen molar-refractivity contribution in [3.05, 3.63) is 65.2 Å². The van der Waals surface area contributed by atoms with Gasteiger partial charge in [-0.2, -0.15) is 5.10 Å². The Morgan fingerprint density at radius 1 is 1.09 bits per heavy atom. The van der Waals surface area contributed by atoms with Gasteiger partial charge in [-0.3, -0.25) is 4.79 Å². The molecular weight excluding hydrogens is 276 g/mol. The molecule has 114 valence electrons. The average Bonchev–Trinajstić information content (AvgIpc) is 2.55. The Morgan fingerprint density at radius 3 is 2.27 bits per heavy atom. The summed E-state index contributed by atoms with van der Waals surface area (Å²) >= 11 is 0. The van der Waals surface area contributed by atoms with E-state index >= 15 is 0 Å². The van der Waals surface area contributed by atoms with Crippen LogP contribution in [0, 0.1) is 0 Å². The third-order valence-corrected chi connectivity index (χ3v) is 3.34. The molecule has 0 unspecified atom stereocenters. The third-order valence-electron chi connectivity index (χ3n) is 3.34. The number of carbonyl (C=O) groups is 1. The van der Waals surface area contributed by atoms with Gasteiger partial charge in [0.25, 0.3) is 5.91 Å². The Labute approximate surface area is 130 Å². The first-order valence-corrected chi connectivity index (χ1v) is 7.17. The minimum absolute atomic E-state index is 0.252. The Bertz CT molecular complexity index is 644. The lowest BCUT2D eigenvalue weighted by Crippen LogP contribution is -2.17. The summed E-state index contributed by atoms with van der Waals surface area (Å²) in [5.74, 6) is 0.962. The predicted octanol–water partition coefficient (Wildman–Crippen LogP) is 3.58. The number of hydrogen-bond donors (Lipinski definition) is 1. The van der Waals surface area contributed by atoms with Gasteiger partial charge in [-0.25, -0.2) is 5.43 Å². The highest BCUT2D eigenvalue weighted by Gasteiger charge is 2.03. The summed E-state index contributed by atoms with van der Waals surface area (Å²) in [5.41, 5.74) is 5.27. The SMILES string of the molecule is COc1ccc(C(=O)N/N=C/c2ccc(C(C)C)cc2)cc1. The van der Waals surface area contributed by atoms with Gasteiger partial charge in [-0.05, 0) is 41.3 Å². The summed E-state index contributed by atoms with van der Waals surface area (Å²) in [6, 6.07) is 15.0. The van der Waals surface area contributed by atoms with E-state index in [0.717, 1.165) is 5.56 Å². The van der Waals surface area contributed by atoms with Gasteiger partial charge in [0.1, 0.15) is 5.75 Å². The van der Waals surface area contributed by atoms with Crippen LogP contribution in [-0.4, -0.2) is 19.2 Å². The van der Waals surface area contributed by atoms with Gasteiger partial charge in [0.15, 0.2) is 0 Å². The second-order valence-corrected chi connectivity index (χ2v) is 5.25. The smallest absolute Gasteiger partial charge is 0.271 e. The van der Waals surface area contributed by atoms with Crippen molar-refractivity contribution in [3.63, 3.8) is 0 Å². The maximum Gasteiger partial charge on any atom is 0.271 e. The molecule has 2 aromatic rings. The number of rotatable bonds is 5. The largest absolute Gasteiger partial charge is 0.497 e. The third kappa shape index (κ3) is 4.19. The average molecular weight is 296 g/mol. The normalized spacial score (nSPS) is 10.9. The highest BCUT2D eigenvalue weighted by Crippen LogP contribution is 2.14. The van der Waals surface area contributed by atoms with Crippen LogP contribution in [0.4, 0.5) is 0 Å². The fourth-order valence-electron chi connectivity index (χ4n) is 1.94. The molecule has 0 aliphatic carbocycles. The van der Waals surface area contributed by atoms with E-state index in [9.17, 15) is 4.79 Å². The summed E-state index contributed by atoms with van der Waals surface area (Å²) in [4.78, 5) is 11.9. The van der Waals surface area contributed by atoms with Crippen LogP contribution in [0.25, 0.3) is 0 Å². The molecule has 0 spiro atoms. The van der Waals surface area contributed by atoms with Crippen LogP contribution >= 0.6 is 0 Å². The lowest BCUT2D eigenvalue weighted by Gasteiger charge is -2.04. The van der Waals surface area contributed by atoms with E-state index in [1.165, 1.54) is 5.56 Å². The van der Waals surface area contributed by atoms with Crippen LogP contribution in [0.2, 0.25) is 0 Å². The second-order valence-electron chi connectivity index (χ2n) is 5.25. The van der Waals surface area contributed by atoms with Crippen LogP contribution < -0.4 is 10.2 Å². The predicted molar refractivity (Wildman–Crippen MR) is 88.6 cm³/mol.